The molecule has 0 fully saturated rings. The molecule has 102 valence electrons. The first kappa shape index (κ1) is 14.8. The number of benzene rings is 1. The number of nitrogens with zero attached hydrogens (tertiary/aromatic N) is 2. The van der Waals surface area contributed by atoms with E-state index in [1.807, 2.05) is 0 Å². The zero-order chi connectivity index (χ0) is 14.7. The van der Waals surface area contributed by atoms with Gasteiger partial charge in [0.25, 0.3) is 0 Å². The van der Waals surface area contributed by atoms with Gasteiger partial charge < -0.3 is 5.11 Å². The molecule has 0 aromatic heterocycles. The topological polar surface area (TPSA) is 45.0 Å². The van der Waals surface area contributed by atoms with Crippen molar-refractivity contribution in [3.05, 3.63) is 53.2 Å². The van der Waals surface area contributed by atoms with Crippen LogP contribution in [0.1, 0.15) is 6.92 Å². The van der Waals surface area contributed by atoms with Crippen molar-refractivity contribution >= 4 is 5.69 Å². The molecule has 1 aromatic carbocycles. The normalized spacial score (nSPS) is 12.2. The summed E-state index contributed by atoms with van der Waals surface area (Å²) in [5.41, 5.74) is -1.72. The second-order valence-corrected chi connectivity index (χ2v) is 3.24. The lowest BCUT2D eigenvalue weighted by molar-refractivity contribution is 0.380. The first-order chi connectivity index (χ1) is 8.81. The molecular weight excluding hydrogens is 271 g/mol. The molecule has 0 aliphatic heterocycles. The van der Waals surface area contributed by atoms with E-state index in [4.69, 9.17) is 5.11 Å². The lowest BCUT2D eigenvalue weighted by Gasteiger charge is -2.03. The van der Waals surface area contributed by atoms with Crippen LogP contribution in [-0.2, 0) is 0 Å². The van der Waals surface area contributed by atoms with E-state index in [2.05, 4.69) is 16.8 Å². The van der Waals surface area contributed by atoms with Gasteiger partial charge in [0.05, 0.1) is 0 Å². The molecule has 0 radical (unpaired) electrons. The van der Waals surface area contributed by atoms with Crippen LogP contribution < -0.4 is 0 Å². The summed E-state index contributed by atoms with van der Waals surface area (Å²) in [6.07, 6.45) is 1.18. The highest BCUT2D eigenvalue weighted by Crippen LogP contribution is 2.30. The standard InChI is InChI=1S/C11H7F5N2O/c1-3-5(4(2)19)17-18-11-9(15)7(13)6(12)8(14)10(11)16/h3,19H,2H2,1H3/b5-3+,18-17?. The zero-order valence-electron chi connectivity index (χ0n) is 9.52. The minimum atomic E-state index is -2.29. The van der Waals surface area contributed by atoms with Gasteiger partial charge in [-0.2, -0.15) is 0 Å². The number of aliphatic hydroxyl groups excluding tert-OH is 1. The van der Waals surface area contributed by atoms with Crippen LogP contribution >= 0.6 is 0 Å². The number of hydrogen-bond acceptors (Lipinski definition) is 3. The van der Waals surface area contributed by atoms with E-state index in [1.165, 1.54) is 13.0 Å². The van der Waals surface area contributed by atoms with Crippen LogP contribution in [0, 0.1) is 29.1 Å². The van der Waals surface area contributed by atoms with Crippen LogP contribution in [0.3, 0.4) is 0 Å². The molecule has 19 heavy (non-hydrogen) atoms. The Hall–Kier alpha value is -2.25. The van der Waals surface area contributed by atoms with Crippen molar-refractivity contribution in [1.82, 2.24) is 0 Å². The molecular formula is C11H7F5N2O. The monoisotopic (exact) mass is 278 g/mol. The number of azo groups is 1. The second kappa shape index (κ2) is 5.59. The maximum absolute atomic E-state index is 13.2. The van der Waals surface area contributed by atoms with E-state index in [9.17, 15) is 22.0 Å². The molecule has 0 aliphatic rings. The quantitative estimate of drug-likeness (QED) is 0.218. The average Bonchev–Trinajstić information content (AvgIpc) is 2.38. The van der Waals surface area contributed by atoms with E-state index < -0.39 is 40.5 Å². The fourth-order valence-electron chi connectivity index (χ4n) is 1.07. The van der Waals surface area contributed by atoms with E-state index >= 15 is 0 Å². The average molecular weight is 278 g/mol. The van der Waals surface area contributed by atoms with Gasteiger partial charge >= 0.3 is 0 Å². The third-order valence-corrected chi connectivity index (χ3v) is 2.01. The Balaban J connectivity index is 3.38. The molecule has 1 rings (SSSR count). The van der Waals surface area contributed by atoms with Crippen LogP contribution in [-0.4, -0.2) is 5.11 Å². The molecule has 1 N–H and O–H groups in total. The Morgan fingerprint density at radius 1 is 1.00 bits per heavy atom. The Kier molecular flexibility index (Phi) is 4.36. The predicted molar refractivity (Wildman–Crippen MR) is 56.3 cm³/mol. The van der Waals surface area contributed by atoms with Gasteiger partial charge in [0.1, 0.15) is 11.5 Å². The summed E-state index contributed by atoms with van der Waals surface area (Å²) in [5.74, 6) is -11.3. The van der Waals surface area contributed by atoms with Gasteiger partial charge in [0.2, 0.25) is 5.82 Å². The number of aliphatic hydroxyl groups is 1. The van der Waals surface area contributed by atoms with E-state index in [1.54, 1.807) is 0 Å². The van der Waals surface area contributed by atoms with Crippen molar-refractivity contribution in [2.24, 2.45) is 10.2 Å². The van der Waals surface area contributed by atoms with Crippen molar-refractivity contribution in [3.8, 4) is 0 Å². The molecule has 1 aromatic rings. The highest BCUT2D eigenvalue weighted by molar-refractivity contribution is 5.41. The molecule has 0 aliphatic carbocycles. The molecule has 0 saturated carbocycles. The van der Waals surface area contributed by atoms with Gasteiger partial charge in [-0.15, -0.1) is 10.2 Å². The van der Waals surface area contributed by atoms with E-state index in [0.717, 1.165) is 0 Å². The van der Waals surface area contributed by atoms with Crippen molar-refractivity contribution in [2.75, 3.05) is 0 Å². The third kappa shape index (κ3) is 2.78. The Morgan fingerprint density at radius 3 is 1.79 bits per heavy atom. The van der Waals surface area contributed by atoms with Crippen LogP contribution in [0.15, 0.2) is 34.3 Å². The van der Waals surface area contributed by atoms with Gasteiger partial charge in [0.15, 0.2) is 29.0 Å². The van der Waals surface area contributed by atoms with Crippen molar-refractivity contribution in [3.63, 3.8) is 0 Å². The summed E-state index contributed by atoms with van der Waals surface area (Å²) in [4.78, 5) is 0. The summed E-state index contributed by atoms with van der Waals surface area (Å²) >= 11 is 0. The summed E-state index contributed by atoms with van der Waals surface area (Å²) in [7, 11) is 0. The van der Waals surface area contributed by atoms with Gasteiger partial charge in [-0.25, -0.2) is 22.0 Å². The fraction of sp³-hybridized carbons (Fsp3) is 0.0909. The SMILES string of the molecule is C=C(O)/C(=C\C)N=Nc1c(F)c(F)c(F)c(F)c1F. The minimum Gasteiger partial charge on any atom is -0.506 e. The van der Waals surface area contributed by atoms with E-state index in [-0.39, 0.29) is 5.70 Å². The number of allylic oxidation sites excluding steroid dienone is 1. The largest absolute Gasteiger partial charge is 0.506 e. The Bertz CT molecular complexity index is 566. The molecule has 0 unspecified atom stereocenters. The van der Waals surface area contributed by atoms with Crippen LogP contribution in [0.5, 0.6) is 0 Å². The van der Waals surface area contributed by atoms with Crippen LogP contribution in [0.25, 0.3) is 0 Å². The zero-order valence-corrected chi connectivity index (χ0v) is 9.52. The molecule has 3 nitrogen and oxygen atoms in total. The predicted octanol–water partition coefficient (Wildman–Crippen LogP) is 4.44. The summed E-state index contributed by atoms with van der Waals surface area (Å²) in [6, 6.07) is 0. The van der Waals surface area contributed by atoms with Gasteiger partial charge in [-0.05, 0) is 6.92 Å². The number of hydrogen-bond donors (Lipinski definition) is 1. The van der Waals surface area contributed by atoms with Crippen molar-refractivity contribution < 1.29 is 27.1 Å². The van der Waals surface area contributed by atoms with E-state index in [0.29, 0.717) is 0 Å². The first-order valence-corrected chi connectivity index (χ1v) is 4.79. The molecule has 0 heterocycles. The summed E-state index contributed by atoms with van der Waals surface area (Å²) in [6.45, 7) is 4.47. The first-order valence-electron chi connectivity index (χ1n) is 4.79. The minimum absolute atomic E-state index is 0.274. The molecule has 8 heteroatoms. The number of rotatable bonds is 3. The maximum Gasteiger partial charge on any atom is 0.200 e. The molecule has 0 atom stereocenters. The van der Waals surface area contributed by atoms with Gasteiger partial charge in [-0.1, -0.05) is 12.7 Å². The Labute approximate surface area is 104 Å². The highest BCUT2D eigenvalue weighted by Gasteiger charge is 2.25. The van der Waals surface area contributed by atoms with Gasteiger partial charge in [0, 0.05) is 0 Å². The lowest BCUT2D eigenvalue weighted by Crippen LogP contribution is -2.00. The fourth-order valence-corrected chi connectivity index (χ4v) is 1.07. The van der Waals surface area contributed by atoms with Crippen molar-refractivity contribution in [2.45, 2.75) is 6.92 Å². The van der Waals surface area contributed by atoms with Gasteiger partial charge in [-0.3, -0.25) is 0 Å². The number of halogens is 5. The molecule has 0 amide bonds. The molecule has 0 bridgehead atoms. The van der Waals surface area contributed by atoms with Crippen molar-refractivity contribution in [1.29, 1.82) is 0 Å². The molecule has 0 saturated heterocycles. The van der Waals surface area contributed by atoms with Crippen LogP contribution in [0.4, 0.5) is 27.6 Å². The second-order valence-electron chi connectivity index (χ2n) is 3.24. The van der Waals surface area contributed by atoms with Crippen LogP contribution in [0.2, 0.25) is 0 Å². The Morgan fingerprint density at radius 2 is 1.42 bits per heavy atom. The smallest absolute Gasteiger partial charge is 0.200 e. The maximum atomic E-state index is 13.2. The lowest BCUT2D eigenvalue weighted by atomic mass is 10.2. The molecule has 0 spiro atoms. The third-order valence-electron chi connectivity index (χ3n) is 2.01. The highest BCUT2D eigenvalue weighted by atomic mass is 19.2. The summed E-state index contributed by atoms with van der Waals surface area (Å²) < 4.78 is 64.7. The summed E-state index contributed by atoms with van der Waals surface area (Å²) in [5, 5.41) is 15.0.